The first-order valence-corrected chi connectivity index (χ1v) is 8.90. The first-order valence-electron chi connectivity index (χ1n) is 8.90. The molecule has 1 fully saturated rings. The fourth-order valence-corrected chi connectivity index (χ4v) is 3.19. The molecule has 0 radical (unpaired) electrons. The molecule has 5 heteroatoms. The van der Waals surface area contributed by atoms with E-state index in [1.807, 2.05) is 62.9 Å². The van der Waals surface area contributed by atoms with Crippen LogP contribution in [0.5, 0.6) is 0 Å². The van der Waals surface area contributed by atoms with Crippen LogP contribution in [0.3, 0.4) is 0 Å². The monoisotopic (exact) mass is 346 g/mol. The van der Waals surface area contributed by atoms with Gasteiger partial charge in [-0.25, -0.2) is 4.79 Å². The van der Waals surface area contributed by atoms with Crippen LogP contribution in [-0.4, -0.2) is 47.0 Å². The van der Waals surface area contributed by atoms with Crippen LogP contribution < -0.4 is 0 Å². The Balaban J connectivity index is 2.02. The van der Waals surface area contributed by atoms with Crippen molar-refractivity contribution in [1.29, 1.82) is 0 Å². The SMILES string of the molecule is C[C@H](c1ccccc1)N1C[C@@H]([C@H](C)N(C)C(=O)OC(C)(C)C)CC1=O. The molecule has 1 heterocycles. The summed E-state index contributed by atoms with van der Waals surface area (Å²) in [6, 6.07) is 10.0. The van der Waals surface area contributed by atoms with Crippen LogP contribution in [0.2, 0.25) is 0 Å². The highest BCUT2D eigenvalue weighted by molar-refractivity contribution is 5.79. The molecule has 25 heavy (non-hydrogen) atoms. The molecule has 1 aliphatic rings. The molecule has 0 unspecified atom stereocenters. The predicted octanol–water partition coefficient (Wildman–Crippen LogP) is 3.85. The number of hydrogen-bond acceptors (Lipinski definition) is 3. The Kier molecular flexibility index (Phi) is 5.76. The van der Waals surface area contributed by atoms with E-state index in [-0.39, 0.29) is 30.0 Å². The van der Waals surface area contributed by atoms with Gasteiger partial charge < -0.3 is 14.5 Å². The number of carbonyl (C=O) groups is 2. The molecule has 2 amide bonds. The quantitative estimate of drug-likeness (QED) is 0.832. The van der Waals surface area contributed by atoms with Crippen molar-refractivity contribution >= 4 is 12.0 Å². The summed E-state index contributed by atoms with van der Waals surface area (Å²) in [4.78, 5) is 28.3. The molecule has 1 saturated heterocycles. The Morgan fingerprint density at radius 2 is 1.84 bits per heavy atom. The Bertz CT molecular complexity index is 609. The highest BCUT2D eigenvalue weighted by Gasteiger charge is 2.38. The maximum Gasteiger partial charge on any atom is 0.410 e. The Morgan fingerprint density at radius 1 is 1.24 bits per heavy atom. The van der Waals surface area contributed by atoms with Gasteiger partial charge in [0.1, 0.15) is 5.60 Å². The van der Waals surface area contributed by atoms with Crippen molar-refractivity contribution in [2.45, 2.75) is 58.7 Å². The normalized spacial score (nSPS) is 20.3. The summed E-state index contributed by atoms with van der Waals surface area (Å²) in [5.41, 5.74) is 0.606. The van der Waals surface area contributed by atoms with Crippen LogP contribution in [0.4, 0.5) is 4.79 Å². The number of likely N-dealkylation sites (tertiary alicyclic amines) is 1. The summed E-state index contributed by atoms with van der Waals surface area (Å²) in [5.74, 6) is 0.252. The zero-order valence-electron chi connectivity index (χ0n) is 16.2. The average Bonchev–Trinajstić information content (AvgIpc) is 2.93. The molecule has 1 aromatic rings. The summed E-state index contributed by atoms with van der Waals surface area (Å²) < 4.78 is 5.44. The minimum absolute atomic E-state index is 0.0396. The predicted molar refractivity (Wildman–Crippen MR) is 98.1 cm³/mol. The van der Waals surface area contributed by atoms with Crippen molar-refractivity contribution in [2.24, 2.45) is 5.92 Å². The van der Waals surface area contributed by atoms with Crippen LogP contribution >= 0.6 is 0 Å². The summed E-state index contributed by atoms with van der Waals surface area (Å²) in [7, 11) is 1.74. The number of hydrogen-bond donors (Lipinski definition) is 0. The zero-order chi connectivity index (χ0) is 18.8. The Morgan fingerprint density at radius 3 is 2.40 bits per heavy atom. The van der Waals surface area contributed by atoms with Crippen molar-refractivity contribution in [3.8, 4) is 0 Å². The van der Waals surface area contributed by atoms with Gasteiger partial charge in [-0.3, -0.25) is 4.79 Å². The van der Waals surface area contributed by atoms with Crippen molar-refractivity contribution in [1.82, 2.24) is 9.80 Å². The lowest BCUT2D eigenvalue weighted by Gasteiger charge is -2.32. The smallest absolute Gasteiger partial charge is 0.410 e. The molecular formula is C20H30N2O3. The third kappa shape index (κ3) is 4.74. The van der Waals surface area contributed by atoms with E-state index in [1.54, 1.807) is 11.9 Å². The molecular weight excluding hydrogens is 316 g/mol. The summed E-state index contributed by atoms with van der Waals surface area (Å²) in [6.45, 7) is 10.3. The first kappa shape index (κ1) is 19.3. The van der Waals surface area contributed by atoms with Gasteiger partial charge in [0.2, 0.25) is 5.91 Å². The van der Waals surface area contributed by atoms with E-state index in [9.17, 15) is 9.59 Å². The van der Waals surface area contributed by atoms with Crippen LogP contribution in [0.25, 0.3) is 0 Å². The molecule has 0 N–H and O–H groups in total. The Labute approximate surface area is 150 Å². The lowest BCUT2D eigenvalue weighted by Crippen LogP contribution is -2.43. The molecule has 5 nitrogen and oxygen atoms in total. The lowest BCUT2D eigenvalue weighted by atomic mass is 9.99. The molecule has 3 atom stereocenters. The van der Waals surface area contributed by atoms with Crippen molar-refractivity contribution < 1.29 is 14.3 Å². The third-order valence-electron chi connectivity index (χ3n) is 4.91. The van der Waals surface area contributed by atoms with Gasteiger partial charge >= 0.3 is 6.09 Å². The van der Waals surface area contributed by atoms with Gasteiger partial charge in [-0.1, -0.05) is 30.3 Å². The van der Waals surface area contributed by atoms with E-state index in [1.165, 1.54) is 0 Å². The van der Waals surface area contributed by atoms with E-state index in [4.69, 9.17) is 4.74 Å². The second kappa shape index (κ2) is 7.46. The third-order valence-corrected chi connectivity index (χ3v) is 4.91. The lowest BCUT2D eigenvalue weighted by molar-refractivity contribution is -0.129. The summed E-state index contributed by atoms with van der Waals surface area (Å²) in [5, 5.41) is 0. The van der Waals surface area contributed by atoms with Crippen molar-refractivity contribution in [3.05, 3.63) is 35.9 Å². The number of nitrogens with zero attached hydrogens (tertiary/aromatic N) is 2. The molecule has 0 aromatic heterocycles. The van der Waals surface area contributed by atoms with E-state index in [2.05, 4.69) is 6.92 Å². The number of rotatable bonds is 4. The minimum atomic E-state index is -0.523. The van der Waals surface area contributed by atoms with E-state index >= 15 is 0 Å². The second-order valence-corrected chi connectivity index (χ2v) is 7.93. The second-order valence-electron chi connectivity index (χ2n) is 7.93. The first-order chi connectivity index (χ1) is 11.6. The fourth-order valence-electron chi connectivity index (χ4n) is 3.19. The molecule has 138 valence electrons. The molecule has 0 bridgehead atoms. The maximum atomic E-state index is 12.5. The highest BCUT2D eigenvalue weighted by Crippen LogP contribution is 2.31. The summed E-state index contributed by atoms with van der Waals surface area (Å²) in [6.07, 6.45) is 0.118. The highest BCUT2D eigenvalue weighted by atomic mass is 16.6. The van der Waals surface area contributed by atoms with E-state index in [0.717, 1.165) is 5.56 Å². The van der Waals surface area contributed by atoms with Gasteiger partial charge in [0.05, 0.1) is 6.04 Å². The number of carbonyl (C=O) groups excluding carboxylic acids is 2. The minimum Gasteiger partial charge on any atom is -0.444 e. The van der Waals surface area contributed by atoms with Crippen LogP contribution in [0.1, 0.15) is 52.6 Å². The van der Waals surface area contributed by atoms with Crippen LogP contribution in [-0.2, 0) is 9.53 Å². The van der Waals surface area contributed by atoms with Gasteiger partial charge in [0.15, 0.2) is 0 Å². The number of benzene rings is 1. The number of ether oxygens (including phenoxy) is 1. The van der Waals surface area contributed by atoms with Crippen molar-refractivity contribution in [3.63, 3.8) is 0 Å². The molecule has 0 saturated carbocycles. The standard InChI is InChI=1S/C20H30N2O3/c1-14(21(6)19(24)25-20(3,4)5)17-12-18(23)22(13-17)15(2)16-10-8-7-9-11-16/h7-11,14-15,17H,12-13H2,1-6H3/t14-,15+,17-/m0/s1. The fraction of sp³-hybridized carbons (Fsp3) is 0.600. The van der Waals surface area contributed by atoms with Gasteiger partial charge in [-0.2, -0.15) is 0 Å². The largest absolute Gasteiger partial charge is 0.444 e. The zero-order valence-corrected chi connectivity index (χ0v) is 16.2. The van der Waals surface area contributed by atoms with E-state index in [0.29, 0.717) is 13.0 Å². The van der Waals surface area contributed by atoms with Gasteiger partial charge in [-0.15, -0.1) is 0 Å². The molecule has 0 spiro atoms. The van der Waals surface area contributed by atoms with Crippen molar-refractivity contribution in [2.75, 3.05) is 13.6 Å². The maximum absolute atomic E-state index is 12.5. The van der Waals surface area contributed by atoms with Gasteiger partial charge in [-0.05, 0) is 40.2 Å². The van der Waals surface area contributed by atoms with E-state index < -0.39 is 5.60 Å². The number of amides is 2. The Hall–Kier alpha value is -2.04. The molecule has 2 rings (SSSR count). The van der Waals surface area contributed by atoms with Gasteiger partial charge in [0, 0.05) is 32.0 Å². The topological polar surface area (TPSA) is 49.9 Å². The molecule has 0 aliphatic carbocycles. The van der Waals surface area contributed by atoms with Crippen LogP contribution in [0, 0.1) is 5.92 Å². The van der Waals surface area contributed by atoms with Gasteiger partial charge in [0.25, 0.3) is 0 Å². The molecule has 1 aromatic carbocycles. The summed E-state index contributed by atoms with van der Waals surface area (Å²) >= 11 is 0. The van der Waals surface area contributed by atoms with Crippen LogP contribution in [0.15, 0.2) is 30.3 Å². The molecule has 1 aliphatic heterocycles. The average molecular weight is 346 g/mol.